The third-order valence-corrected chi connectivity index (χ3v) is 2.42. The number of pyridine rings is 1. The molecule has 0 aliphatic carbocycles. The number of alkyl halides is 3. The van der Waals surface area contributed by atoms with E-state index in [-0.39, 0.29) is 22.9 Å². The second-order valence-electron chi connectivity index (χ2n) is 3.84. The summed E-state index contributed by atoms with van der Waals surface area (Å²) in [6, 6.07) is 7.55. The number of nitriles is 1. The molecule has 1 heterocycles. The lowest BCUT2D eigenvalue weighted by atomic mass is 10.2. The summed E-state index contributed by atoms with van der Waals surface area (Å²) in [6.45, 7) is 0. The van der Waals surface area contributed by atoms with Gasteiger partial charge in [0.15, 0.2) is 0 Å². The molecule has 0 saturated carbocycles. The molecule has 102 valence electrons. The molecule has 0 fully saturated rings. The standard InChI is InChI=1S/C13H8F3N3O/c14-13(15,16)8-1-4-12(11(18)5-8)20-10-3-2-9(6-17)19-7-10/h1-5,7H,18H2. The van der Waals surface area contributed by atoms with Gasteiger partial charge in [0.05, 0.1) is 17.4 Å². The van der Waals surface area contributed by atoms with Crippen LogP contribution < -0.4 is 10.5 Å². The highest BCUT2D eigenvalue weighted by Gasteiger charge is 2.30. The molecule has 0 atom stereocenters. The van der Waals surface area contributed by atoms with Crippen LogP contribution in [-0.2, 0) is 6.18 Å². The van der Waals surface area contributed by atoms with Gasteiger partial charge in [0.1, 0.15) is 23.3 Å². The quantitative estimate of drug-likeness (QED) is 0.856. The van der Waals surface area contributed by atoms with Crippen LogP contribution in [0.3, 0.4) is 0 Å². The number of ether oxygens (including phenoxy) is 1. The fraction of sp³-hybridized carbons (Fsp3) is 0.0769. The van der Waals surface area contributed by atoms with Crippen LogP contribution >= 0.6 is 0 Å². The van der Waals surface area contributed by atoms with Gasteiger partial charge in [-0.2, -0.15) is 18.4 Å². The van der Waals surface area contributed by atoms with Gasteiger partial charge in [0.2, 0.25) is 0 Å². The lowest BCUT2D eigenvalue weighted by molar-refractivity contribution is -0.137. The van der Waals surface area contributed by atoms with E-state index in [1.165, 1.54) is 18.3 Å². The number of nitrogens with two attached hydrogens (primary N) is 1. The molecule has 0 aliphatic rings. The van der Waals surface area contributed by atoms with Crippen LogP contribution in [0.25, 0.3) is 0 Å². The maximum absolute atomic E-state index is 12.5. The average Bonchev–Trinajstić information content (AvgIpc) is 2.41. The number of nitrogen functional groups attached to an aromatic ring is 1. The van der Waals surface area contributed by atoms with Crippen molar-refractivity contribution in [2.24, 2.45) is 0 Å². The Balaban J connectivity index is 2.23. The van der Waals surface area contributed by atoms with E-state index in [0.717, 1.165) is 18.2 Å². The lowest BCUT2D eigenvalue weighted by Crippen LogP contribution is -2.06. The van der Waals surface area contributed by atoms with Gasteiger partial charge in [-0.05, 0) is 30.3 Å². The zero-order valence-electron chi connectivity index (χ0n) is 9.98. The van der Waals surface area contributed by atoms with Crippen LogP contribution in [0.5, 0.6) is 11.5 Å². The first-order chi connectivity index (χ1) is 9.40. The van der Waals surface area contributed by atoms with Crippen molar-refractivity contribution >= 4 is 5.69 Å². The minimum absolute atomic E-state index is 0.0875. The van der Waals surface area contributed by atoms with Gasteiger partial charge in [-0.3, -0.25) is 0 Å². The molecular formula is C13H8F3N3O. The number of anilines is 1. The summed E-state index contributed by atoms with van der Waals surface area (Å²) in [5.41, 5.74) is 4.75. The van der Waals surface area contributed by atoms with E-state index in [9.17, 15) is 13.2 Å². The monoisotopic (exact) mass is 279 g/mol. The van der Waals surface area contributed by atoms with Crippen LogP contribution in [-0.4, -0.2) is 4.98 Å². The van der Waals surface area contributed by atoms with Gasteiger partial charge in [0.25, 0.3) is 0 Å². The summed E-state index contributed by atoms with van der Waals surface area (Å²) < 4.78 is 42.7. The molecule has 0 bridgehead atoms. The van der Waals surface area contributed by atoms with E-state index in [4.69, 9.17) is 15.7 Å². The highest BCUT2D eigenvalue weighted by atomic mass is 19.4. The molecule has 0 unspecified atom stereocenters. The zero-order valence-corrected chi connectivity index (χ0v) is 9.98. The summed E-state index contributed by atoms with van der Waals surface area (Å²) in [6.07, 6.45) is -3.17. The molecule has 4 nitrogen and oxygen atoms in total. The third-order valence-electron chi connectivity index (χ3n) is 2.42. The Morgan fingerprint density at radius 2 is 1.95 bits per heavy atom. The minimum atomic E-state index is -4.46. The summed E-state index contributed by atoms with van der Waals surface area (Å²) in [7, 11) is 0. The molecule has 7 heteroatoms. The molecule has 0 amide bonds. The van der Waals surface area contributed by atoms with Crippen LogP contribution in [0.4, 0.5) is 18.9 Å². The molecule has 1 aromatic carbocycles. The molecular weight excluding hydrogens is 271 g/mol. The molecule has 20 heavy (non-hydrogen) atoms. The Labute approximate surface area is 112 Å². The molecule has 0 spiro atoms. The van der Waals surface area contributed by atoms with E-state index in [1.807, 2.05) is 6.07 Å². The average molecular weight is 279 g/mol. The summed E-state index contributed by atoms with van der Waals surface area (Å²) in [4.78, 5) is 3.77. The number of hydrogen-bond acceptors (Lipinski definition) is 4. The van der Waals surface area contributed by atoms with E-state index in [1.54, 1.807) is 0 Å². The van der Waals surface area contributed by atoms with E-state index in [2.05, 4.69) is 4.98 Å². The molecule has 2 N–H and O–H groups in total. The van der Waals surface area contributed by atoms with E-state index < -0.39 is 11.7 Å². The molecule has 0 saturated heterocycles. The van der Waals surface area contributed by atoms with Crippen molar-refractivity contribution in [2.75, 3.05) is 5.73 Å². The van der Waals surface area contributed by atoms with Gasteiger partial charge in [-0.25, -0.2) is 4.98 Å². The molecule has 2 aromatic rings. The van der Waals surface area contributed by atoms with Crippen LogP contribution in [0.15, 0.2) is 36.5 Å². The molecule has 0 radical (unpaired) electrons. The second-order valence-corrected chi connectivity index (χ2v) is 3.84. The highest BCUT2D eigenvalue weighted by Crippen LogP contribution is 2.35. The van der Waals surface area contributed by atoms with Gasteiger partial charge in [0, 0.05) is 0 Å². The van der Waals surface area contributed by atoms with Gasteiger partial charge in [-0.15, -0.1) is 0 Å². The van der Waals surface area contributed by atoms with E-state index in [0.29, 0.717) is 0 Å². The Morgan fingerprint density at radius 3 is 2.45 bits per heavy atom. The molecule has 1 aromatic heterocycles. The first kappa shape index (κ1) is 13.7. The van der Waals surface area contributed by atoms with Crippen molar-refractivity contribution in [1.82, 2.24) is 4.98 Å². The zero-order chi connectivity index (χ0) is 14.8. The maximum Gasteiger partial charge on any atom is 0.416 e. The van der Waals surface area contributed by atoms with Crippen molar-refractivity contribution in [1.29, 1.82) is 5.26 Å². The van der Waals surface area contributed by atoms with Crippen LogP contribution in [0.2, 0.25) is 0 Å². The van der Waals surface area contributed by atoms with E-state index >= 15 is 0 Å². The van der Waals surface area contributed by atoms with Crippen molar-refractivity contribution < 1.29 is 17.9 Å². The van der Waals surface area contributed by atoms with Crippen molar-refractivity contribution in [3.63, 3.8) is 0 Å². The highest BCUT2D eigenvalue weighted by molar-refractivity contribution is 5.56. The molecule has 2 rings (SSSR count). The fourth-order valence-corrected chi connectivity index (χ4v) is 1.45. The predicted molar refractivity (Wildman–Crippen MR) is 64.9 cm³/mol. The summed E-state index contributed by atoms with van der Waals surface area (Å²) >= 11 is 0. The number of nitrogens with zero attached hydrogens (tertiary/aromatic N) is 2. The summed E-state index contributed by atoms with van der Waals surface area (Å²) in [5.74, 6) is 0.361. The van der Waals surface area contributed by atoms with Crippen molar-refractivity contribution in [3.8, 4) is 17.6 Å². The van der Waals surface area contributed by atoms with Gasteiger partial charge < -0.3 is 10.5 Å². The number of hydrogen-bond donors (Lipinski definition) is 1. The normalized spacial score (nSPS) is 10.9. The fourth-order valence-electron chi connectivity index (χ4n) is 1.45. The van der Waals surface area contributed by atoms with Crippen molar-refractivity contribution in [3.05, 3.63) is 47.8 Å². The Hall–Kier alpha value is -2.75. The maximum atomic E-state index is 12.5. The van der Waals surface area contributed by atoms with Gasteiger partial charge in [-0.1, -0.05) is 0 Å². The Kier molecular flexibility index (Phi) is 3.48. The Morgan fingerprint density at radius 1 is 1.20 bits per heavy atom. The van der Waals surface area contributed by atoms with Crippen molar-refractivity contribution in [2.45, 2.75) is 6.18 Å². The summed E-state index contributed by atoms with van der Waals surface area (Å²) in [5, 5.41) is 8.59. The molecule has 0 aliphatic heterocycles. The number of aromatic nitrogens is 1. The lowest BCUT2D eigenvalue weighted by Gasteiger charge is -2.11. The second kappa shape index (κ2) is 5.09. The number of rotatable bonds is 2. The topological polar surface area (TPSA) is 71.9 Å². The van der Waals surface area contributed by atoms with Crippen LogP contribution in [0.1, 0.15) is 11.3 Å². The SMILES string of the molecule is N#Cc1ccc(Oc2ccc(C(F)(F)F)cc2N)cn1. The first-order valence-electron chi connectivity index (χ1n) is 5.41. The minimum Gasteiger partial charge on any atom is -0.454 e. The Bertz CT molecular complexity index is 660. The predicted octanol–water partition coefficient (Wildman–Crippen LogP) is 3.35. The van der Waals surface area contributed by atoms with Crippen LogP contribution in [0, 0.1) is 11.3 Å². The third kappa shape index (κ3) is 2.98. The smallest absolute Gasteiger partial charge is 0.416 e. The number of benzene rings is 1. The largest absolute Gasteiger partial charge is 0.454 e. The first-order valence-corrected chi connectivity index (χ1v) is 5.41. The van der Waals surface area contributed by atoms with Gasteiger partial charge >= 0.3 is 6.18 Å². The number of halogens is 3.